The Morgan fingerprint density at radius 1 is 1.15 bits per heavy atom. The molecule has 0 saturated carbocycles. The molecule has 0 spiro atoms. The average molecular weight is 384 g/mol. The van der Waals surface area contributed by atoms with Crippen molar-refractivity contribution in [3.8, 4) is 0 Å². The maximum Gasteiger partial charge on any atom is 0.138 e. The highest BCUT2D eigenvalue weighted by atomic mass is 35.5. The average Bonchev–Trinajstić information content (AvgIpc) is 2.94. The molecule has 144 valence electrons. The first-order valence-corrected chi connectivity index (χ1v) is 9.83. The lowest BCUT2D eigenvalue weighted by Crippen LogP contribution is -2.39. The SMILES string of the molecule is Cc1cc2c(N3Cc4ccccc4CC3C)nccc2n1CCC(C)C.Cl. The number of hydrogen-bond acceptors (Lipinski definition) is 2. The van der Waals surface area contributed by atoms with E-state index in [-0.39, 0.29) is 12.4 Å². The van der Waals surface area contributed by atoms with Crippen molar-refractivity contribution in [3.63, 3.8) is 0 Å². The zero-order valence-corrected chi connectivity index (χ0v) is 17.6. The normalized spacial score (nSPS) is 16.5. The van der Waals surface area contributed by atoms with Gasteiger partial charge < -0.3 is 9.47 Å². The molecule has 0 aliphatic carbocycles. The Bertz CT molecular complexity index is 929. The maximum atomic E-state index is 4.82. The molecule has 1 aliphatic heterocycles. The first kappa shape index (κ1) is 19.8. The fourth-order valence-corrected chi connectivity index (χ4v) is 4.18. The molecule has 3 heterocycles. The van der Waals surface area contributed by atoms with Crippen molar-refractivity contribution in [3.05, 3.63) is 59.4 Å². The maximum absolute atomic E-state index is 4.82. The van der Waals surface area contributed by atoms with E-state index < -0.39 is 0 Å². The van der Waals surface area contributed by atoms with Gasteiger partial charge in [0.05, 0.1) is 5.52 Å². The van der Waals surface area contributed by atoms with Gasteiger partial charge in [0, 0.05) is 36.4 Å². The molecular formula is C23H30ClN3. The van der Waals surface area contributed by atoms with Gasteiger partial charge >= 0.3 is 0 Å². The molecule has 4 rings (SSSR count). The zero-order valence-electron chi connectivity index (χ0n) is 16.8. The molecule has 3 aromatic rings. The third-order valence-corrected chi connectivity index (χ3v) is 5.72. The molecule has 1 atom stereocenters. The highest BCUT2D eigenvalue weighted by Gasteiger charge is 2.25. The van der Waals surface area contributed by atoms with E-state index in [2.05, 4.69) is 73.6 Å². The van der Waals surface area contributed by atoms with E-state index in [9.17, 15) is 0 Å². The molecule has 0 N–H and O–H groups in total. The molecule has 2 aromatic heterocycles. The minimum absolute atomic E-state index is 0. The summed E-state index contributed by atoms with van der Waals surface area (Å²) in [4.78, 5) is 7.30. The Kier molecular flexibility index (Phi) is 5.81. The van der Waals surface area contributed by atoms with Crippen LogP contribution in [0.2, 0.25) is 0 Å². The van der Waals surface area contributed by atoms with Gasteiger partial charge in [0.2, 0.25) is 0 Å². The summed E-state index contributed by atoms with van der Waals surface area (Å²) in [5, 5.41) is 1.29. The summed E-state index contributed by atoms with van der Waals surface area (Å²) >= 11 is 0. The van der Waals surface area contributed by atoms with Crippen LogP contribution in [-0.4, -0.2) is 15.6 Å². The van der Waals surface area contributed by atoms with Crippen LogP contribution in [0.4, 0.5) is 5.82 Å². The second-order valence-corrected chi connectivity index (χ2v) is 8.14. The minimum atomic E-state index is 0. The van der Waals surface area contributed by atoms with Crippen LogP contribution in [0.3, 0.4) is 0 Å². The van der Waals surface area contributed by atoms with Gasteiger partial charge in [-0.05, 0) is 55.9 Å². The topological polar surface area (TPSA) is 21.1 Å². The van der Waals surface area contributed by atoms with Gasteiger partial charge in [-0.1, -0.05) is 38.1 Å². The van der Waals surface area contributed by atoms with Crippen molar-refractivity contribution in [2.75, 3.05) is 4.90 Å². The molecule has 1 unspecified atom stereocenters. The lowest BCUT2D eigenvalue weighted by atomic mass is 9.94. The number of aryl methyl sites for hydroxylation is 2. The Hall–Kier alpha value is -2.00. The monoisotopic (exact) mass is 383 g/mol. The second-order valence-electron chi connectivity index (χ2n) is 8.14. The van der Waals surface area contributed by atoms with Crippen molar-refractivity contribution in [2.24, 2.45) is 5.92 Å². The van der Waals surface area contributed by atoms with Crippen LogP contribution in [0.15, 0.2) is 42.6 Å². The first-order chi connectivity index (χ1) is 12.5. The summed E-state index contributed by atoms with van der Waals surface area (Å²) in [6.07, 6.45) is 4.27. The predicted octanol–water partition coefficient (Wildman–Crippen LogP) is 5.76. The van der Waals surface area contributed by atoms with Crippen LogP contribution in [-0.2, 0) is 19.5 Å². The fraction of sp³-hybridized carbons (Fsp3) is 0.435. The Balaban J connectivity index is 0.00000210. The summed E-state index contributed by atoms with van der Waals surface area (Å²) in [6, 6.07) is 13.8. The molecule has 27 heavy (non-hydrogen) atoms. The summed E-state index contributed by atoms with van der Waals surface area (Å²) in [7, 11) is 0. The lowest BCUT2D eigenvalue weighted by molar-refractivity contribution is 0.519. The molecule has 3 nitrogen and oxygen atoms in total. The molecule has 0 saturated heterocycles. The molecule has 0 amide bonds. The number of nitrogens with zero attached hydrogens (tertiary/aromatic N) is 3. The molecule has 4 heteroatoms. The van der Waals surface area contributed by atoms with E-state index in [0.29, 0.717) is 12.0 Å². The fourth-order valence-electron chi connectivity index (χ4n) is 4.18. The molecule has 0 bridgehead atoms. The highest BCUT2D eigenvalue weighted by Crippen LogP contribution is 2.33. The third kappa shape index (κ3) is 3.70. The standard InChI is InChI=1S/C23H29N3.ClH/c1-16(2)10-12-25-18(4)14-21-22(25)9-11-24-23(21)26-15-20-8-6-5-7-19(20)13-17(26)3;/h5-9,11,14,16-17H,10,12-13,15H2,1-4H3;1H. The number of rotatable bonds is 4. The number of fused-ring (bicyclic) bond motifs is 2. The second kappa shape index (κ2) is 7.93. The van der Waals surface area contributed by atoms with Gasteiger partial charge in [-0.15, -0.1) is 12.4 Å². The van der Waals surface area contributed by atoms with Crippen LogP contribution in [0.1, 0.15) is 44.0 Å². The summed E-state index contributed by atoms with van der Waals surface area (Å²) < 4.78 is 2.46. The summed E-state index contributed by atoms with van der Waals surface area (Å²) in [5.74, 6) is 1.85. The van der Waals surface area contributed by atoms with Crippen molar-refractivity contribution in [1.29, 1.82) is 0 Å². The molecule has 1 aliphatic rings. The molecular weight excluding hydrogens is 354 g/mol. The van der Waals surface area contributed by atoms with Gasteiger partial charge in [0.15, 0.2) is 0 Å². The number of benzene rings is 1. The van der Waals surface area contributed by atoms with Gasteiger partial charge in [-0.3, -0.25) is 0 Å². The Labute approximate surface area is 168 Å². The Morgan fingerprint density at radius 3 is 2.63 bits per heavy atom. The first-order valence-electron chi connectivity index (χ1n) is 9.83. The number of halogens is 1. The van der Waals surface area contributed by atoms with Crippen LogP contribution in [0.25, 0.3) is 10.9 Å². The lowest BCUT2D eigenvalue weighted by Gasteiger charge is -2.36. The zero-order chi connectivity index (χ0) is 18.3. The van der Waals surface area contributed by atoms with Crippen molar-refractivity contribution in [1.82, 2.24) is 9.55 Å². The van der Waals surface area contributed by atoms with E-state index in [1.165, 1.54) is 34.1 Å². The van der Waals surface area contributed by atoms with Crippen molar-refractivity contribution < 1.29 is 0 Å². The van der Waals surface area contributed by atoms with Crippen LogP contribution in [0, 0.1) is 12.8 Å². The van der Waals surface area contributed by atoms with E-state index in [4.69, 9.17) is 4.98 Å². The molecule has 0 radical (unpaired) electrons. The third-order valence-electron chi connectivity index (χ3n) is 5.72. The van der Waals surface area contributed by atoms with Gasteiger partial charge in [0.1, 0.15) is 5.82 Å². The van der Waals surface area contributed by atoms with E-state index >= 15 is 0 Å². The number of aromatic nitrogens is 2. The summed E-state index contributed by atoms with van der Waals surface area (Å²) in [5.41, 5.74) is 5.56. The minimum Gasteiger partial charge on any atom is -0.349 e. The van der Waals surface area contributed by atoms with Gasteiger partial charge in [-0.2, -0.15) is 0 Å². The van der Waals surface area contributed by atoms with E-state index in [0.717, 1.165) is 25.3 Å². The van der Waals surface area contributed by atoms with Crippen molar-refractivity contribution >= 4 is 29.1 Å². The van der Waals surface area contributed by atoms with E-state index in [1.807, 2.05) is 6.20 Å². The number of hydrogen-bond donors (Lipinski definition) is 0. The number of pyridine rings is 1. The van der Waals surface area contributed by atoms with Crippen LogP contribution >= 0.6 is 12.4 Å². The Morgan fingerprint density at radius 2 is 1.89 bits per heavy atom. The number of anilines is 1. The molecule has 0 fully saturated rings. The van der Waals surface area contributed by atoms with Gasteiger partial charge in [0.25, 0.3) is 0 Å². The van der Waals surface area contributed by atoms with Crippen LogP contribution < -0.4 is 4.90 Å². The van der Waals surface area contributed by atoms with Gasteiger partial charge in [-0.25, -0.2) is 4.98 Å². The van der Waals surface area contributed by atoms with Crippen LogP contribution in [0.5, 0.6) is 0 Å². The quantitative estimate of drug-likeness (QED) is 0.570. The smallest absolute Gasteiger partial charge is 0.138 e. The highest BCUT2D eigenvalue weighted by molar-refractivity contribution is 5.91. The largest absolute Gasteiger partial charge is 0.349 e. The van der Waals surface area contributed by atoms with Crippen molar-refractivity contribution in [2.45, 2.75) is 59.7 Å². The summed E-state index contributed by atoms with van der Waals surface area (Å²) in [6.45, 7) is 11.1. The molecule has 1 aromatic carbocycles. The van der Waals surface area contributed by atoms with E-state index in [1.54, 1.807) is 0 Å². The predicted molar refractivity (Wildman–Crippen MR) is 117 cm³/mol.